The van der Waals surface area contributed by atoms with Crippen LogP contribution in [0.15, 0.2) is 18.2 Å². The molecule has 0 unspecified atom stereocenters. The summed E-state index contributed by atoms with van der Waals surface area (Å²) in [5, 5.41) is 0.357. The quantitative estimate of drug-likeness (QED) is 0.584. The summed E-state index contributed by atoms with van der Waals surface area (Å²) in [5.41, 5.74) is 1.23. The van der Waals surface area contributed by atoms with Gasteiger partial charge in [0.1, 0.15) is 5.75 Å². The summed E-state index contributed by atoms with van der Waals surface area (Å²) >= 11 is 2.33. The highest BCUT2D eigenvalue weighted by atomic mass is 127. The van der Waals surface area contributed by atoms with E-state index in [1.54, 1.807) is 0 Å². The number of ether oxygens (including phenoxy) is 1. The predicted molar refractivity (Wildman–Crippen MR) is 82.3 cm³/mol. The Hall–Kier alpha value is -0.0331. The minimum Gasteiger partial charge on any atom is -0.493 e. The fourth-order valence-electron chi connectivity index (χ4n) is 1.21. The van der Waals surface area contributed by atoms with Gasteiger partial charge in [0.05, 0.1) is 6.61 Å². The van der Waals surface area contributed by atoms with Crippen molar-refractivity contribution < 1.29 is 4.74 Å². The second-order valence-electron chi connectivity index (χ2n) is 5.34. The van der Waals surface area contributed by atoms with Gasteiger partial charge in [0.2, 0.25) is 0 Å². The van der Waals surface area contributed by atoms with Crippen molar-refractivity contribution in [1.29, 1.82) is 0 Å². The zero-order valence-electron chi connectivity index (χ0n) is 10.8. The smallest absolute Gasteiger partial charge is 0.122 e. The minimum absolute atomic E-state index is 0.357. The zero-order valence-corrected chi connectivity index (χ0v) is 14.1. The molecule has 0 bridgehead atoms. The van der Waals surface area contributed by atoms with Crippen LogP contribution in [0.1, 0.15) is 19.4 Å². The van der Waals surface area contributed by atoms with Crippen LogP contribution < -0.4 is 4.74 Å². The minimum atomic E-state index is -0.673. The molecule has 0 N–H and O–H groups in total. The zero-order chi connectivity index (χ0) is 12.3. The maximum absolute atomic E-state index is 5.95. The van der Waals surface area contributed by atoms with Gasteiger partial charge in [-0.1, -0.05) is 26.9 Å². The molecule has 0 saturated heterocycles. The monoisotopic (exact) mass is 348 g/mol. The Morgan fingerprint density at radius 1 is 1.31 bits per heavy atom. The van der Waals surface area contributed by atoms with E-state index in [2.05, 4.69) is 74.7 Å². The molecule has 0 amide bonds. The Kier molecular flexibility index (Phi) is 4.85. The van der Waals surface area contributed by atoms with Crippen molar-refractivity contribution >= 4 is 31.4 Å². The SMILES string of the molecule is Cc1cc(I)ccc1OCC(C)(C)[SiH](C)C. The lowest BCUT2D eigenvalue weighted by molar-refractivity contribution is 0.274. The fraction of sp³-hybridized carbons (Fsp3) is 0.538. The van der Waals surface area contributed by atoms with Crippen LogP contribution in [-0.4, -0.2) is 15.4 Å². The Morgan fingerprint density at radius 2 is 1.94 bits per heavy atom. The summed E-state index contributed by atoms with van der Waals surface area (Å²) in [6.45, 7) is 12.3. The second-order valence-corrected chi connectivity index (χ2v) is 10.5. The van der Waals surface area contributed by atoms with Crippen molar-refractivity contribution in [1.82, 2.24) is 0 Å². The van der Waals surface area contributed by atoms with Gasteiger partial charge in [-0.2, -0.15) is 0 Å². The van der Waals surface area contributed by atoms with Crippen molar-refractivity contribution in [3.63, 3.8) is 0 Å². The number of rotatable bonds is 4. The van der Waals surface area contributed by atoms with E-state index in [-0.39, 0.29) is 0 Å². The van der Waals surface area contributed by atoms with E-state index < -0.39 is 8.80 Å². The molecule has 0 aliphatic heterocycles. The standard InChI is InChI=1S/C13H21IOSi/c1-10-8-11(14)6-7-12(10)15-9-13(2,3)16(4)5/h6-8,16H,9H2,1-5H3. The molecule has 1 nitrogen and oxygen atoms in total. The summed E-state index contributed by atoms with van der Waals surface area (Å²) in [5.74, 6) is 1.03. The molecule has 0 heterocycles. The maximum Gasteiger partial charge on any atom is 0.122 e. The first kappa shape index (κ1) is 14.0. The number of halogens is 1. The van der Waals surface area contributed by atoms with Crippen LogP contribution >= 0.6 is 22.6 Å². The molecule has 0 spiro atoms. The second kappa shape index (κ2) is 5.54. The summed E-state index contributed by atoms with van der Waals surface area (Å²) < 4.78 is 7.21. The van der Waals surface area contributed by atoms with Gasteiger partial charge in [-0.25, -0.2) is 0 Å². The van der Waals surface area contributed by atoms with Gasteiger partial charge in [0, 0.05) is 12.4 Å². The van der Waals surface area contributed by atoms with Crippen molar-refractivity contribution in [3.8, 4) is 5.75 Å². The molecule has 0 radical (unpaired) electrons. The van der Waals surface area contributed by atoms with Crippen LogP contribution in [0.3, 0.4) is 0 Å². The largest absolute Gasteiger partial charge is 0.493 e. The predicted octanol–water partition coefficient (Wildman–Crippen LogP) is 4.25. The molecular formula is C13H21IOSi. The molecule has 0 aromatic heterocycles. The highest BCUT2D eigenvalue weighted by Gasteiger charge is 2.24. The van der Waals surface area contributed by atoms with Gasteiger partial charge in [-0.05, 0) is 58.3 Å². The van der Waals surface area contributed by atoms with Crippen LogP contribution in [0.2, 0.25) is 18.1 Å². The van der Waals surface area contributed by atoms with Gasteiger partial charge in [0.25, 0.3) is 0 Å². The molecule has 1 aromatic rings. The van der Waals surface area contributed by atoms with Crippen LogP contribution in [0.25, 0.3) is 0 Å². The normalized spacial score (nSPS) is 11.9. The third-order valence-electron chi connectivity index (χ3n) is 3.30. The van der Waals surface area contributed by atoms with Crippen LogP contribution in [0.4, 0.5) is 0 Å². The summed E-state index contributed by atoms with van der Waals surface area (Å²) in [6.07, 6.45) is 0. The first-order valence-electron chi connectivity index (χ1n) is 5.72. The molecule has 3 heteroatoms. The molecule has 1 aromatic carbocycles. The van der Waals surface area contributed by atoms with E-state index >= 15 is 0 Å². The lowest BCUT2D eigenvalue weighted by Crippen LogP contribution is -2.27. The Labute approximate surface area is 114 Å². The molecule has 0 aliphatic carbocycles. The van der Waals surface area contributed by atoms with E-state index in [9.17, 15) is 0 Å². The van der Waals surface area contributed by atoms with Gasteiger partial charge < -0.3 is 4.74 Å². The third-order valence-corrected chi connectivity index (χ3v) is 7.26. The molecule has 90 valence electrons. The highest BCUT2D eigenvalue weighted by Crippen LogP contribution is 2.30. The van der Waals surface area contributed by atoms with Gasteiger partial charge >= 0.3 is 0 Å². The number of hydrogen-bond acceptors (Lipinski definition) is 1. The molecule has 0 atom stereocenters. The van der Waals surface area contributed by atoms with Crippen molar-refractivity contribution in [3.05, 3.63) is 27.3 Å². The lowest BCUT2D eigenvalue weighted by Gasteiger charge is -2.28. The first-order valence-corrected chi connectivity index (χ1v) is 9.68. The average Bonchev–Trinajstić information content (AvgIpc) is 2.16. The van der Waals surface area contributed by atoms with Crippen LogP contribution in [-0.2, 0) is 0 Å². The fourth-order valence-corrected chi connectivity index (χ4v) is 2.27. The number of benzene rings is 1. The average molecular weight is 348 g/mol. The topological polar surface area (TPSA) is 9.23 Å². The van der Waals surface area contributed by atoms with Gasteiger partial charge in [-0.3, -0.25) is 0 Å². The van der Waals surface area contributed by atoms with Gasteiger partial charge in [0.15, 0.2) is 0 Å². The summed E-state index contributed by atoms with van der Waals surface area (Å²) in [6, 6.07) is 6.34. The van der Waals surface area contributed by atoms with E-state index in [0.29, 0.717) is 5.04 Å². The molecular weight excluding hydrogens is 327 g/mol. The Bertz CT molecular complexity index is 361. The molecule has 0 aliphatic rings. The van der Waals surface area contributed by atoms with Gasteiger partial charge in [-0.15, -0.1) is 0 Å². The number of aryl methyl sites for hydroxylation is 1. The Morgan fingerprint density at radius 3 is 2.44 bits per heavy atom. The van der Waals surface area contributed by atoms with Crippen LogP contribution in [0, 0.1) is 10.5 Å². The maximum atomic E-state index is 5.95. The summed E-state index contributed by atoms with van der Waals surface area (Å²) in [7, 11) is -0.673. The molecule has 0 saturated carbocycles. The van der Waals surface area contributed by atoms with E-state index in [1.807, 2.05) is 0 Å². The first-order chi connectivity index (χ1) is 7.33. The third kappa shape index (κ3) is 3.77. The van der Waals surface area contributed by atoms with E-state index in [4.69, 9.17) is 4.74 Å². The lowest BCUT2D eigenvalue weighted by atomic mass is 10.2. The molecule has 0 fully saturated rings. The van der Waals surface area contributed by atoms with E-state index in [0.717, 1.165) is 12.4 Å². The van der Waals surface area contributed by atoms with Crippen molar-refractivity contribution in [2.75, 3.05) is 6.61 Å². The molecule has 16 heavy (non-hydrogen) atoms. The Balaban J connectivity index is 2.68. The van der Waals surface area contributed by atoms with E-state index in [1.165, 1.54) is 9.13 Å². The van der Waals surface area contributed by atoms with Crippen molar-refractivity contribution in [2.45, 2.75) is 38.9 Å². The summed E-state index contributed by atoms with van der Waals surface area (Å²) in [4.78, 5) is 0. The highest BCUT2D eigenvalue weighted by molar-refractivity contribution is 14.1. The van der Waals surface area contributed by atoms with Crippen LogP contribution in [0.5, 0.6) is 5.75 Å². The number of hydrogen-bond donors (Lipinski definition) is 0. The van der Waals surface area contributed by atoms with Crippen molar-refractivity contribution in [2.24, 2.45) is 0 Å². The molecule has 1 rings (SSSR count).